The van der Waals surface area contributed by atoms with Crippen molar-refractivity contribution >= 4 is 11.3 Å². The summed E-state index contributed by atoms with van der Waals surface area (Å²) in [5.41, 5.74) is -0.121. The first-order valence-electron chi connectivity index (χ1n) is 5.15. The third-order valence-corrected chi connectivity index (χ3v) is 3.46. The molecule has 0 saturated carbocycles. The summed E-state index contributed by atoms with van der Waals surface area (Å²) in [4.78, 5) is 10.8. The third-order valence-electron chi connectivity index (χ3n) is 2.73. The summed E-state index contributed by atoms with van der Waals surface area (Å²) in [7, 11) is 0. The van der Waals surface area contributed by atoms with Gasteiger partial charge in [0.05, 0.1) is 0 Å². The lowest BCUT2D eigenvalue weighted by Gasteiger charge is -2.27. The molecule has 1 heterocycles. The summed E-state index contributed by atoms with van der Waals surface area (Å²) in [6, 6.07) is 3.87. The molecular formula is C11H18O2S. The van der Waals surface area contributed by atoms with E-state index in [1.165, 1.54) is 0 Å². The van der Waals surface area contributed by atoms with Crippen LogP contribution in [0, 0.1) is 0 Å². The van der Waals surface area contributed by atoms with Gasteiger partial charge in [-0.25, -0.2) is 0 Å². The van der Waals surface area contributed by atoms with Crippen LogP contribution in [0.25, 0.3) is 0 Å². The molecular weight excluding hydrogens is 196 g/mol. The monoisotopic (exact) mass is 214 g/mol. The molecule has 0 aliphatic rings. The van der Waals surface area contributed by atoms with E-state index < -0.39 is 0 Å². The van der Waals surface area contributed by atoms with Gasteiger partial charge in [0, 0.05) is 0 Å². The van der Waals surface area contributed by atoms with Crippen LogP contribution in [0.2, 0.25) is 0 Å². The van der Waals surface area contributed by atoms with Crippen molar-refractivity contribution in [3.63, 3.8) is 0 Å². The van der Waals surface area contributed by atoms with E-state index in [9.17, 15) is 0 Å². The van der Waals surface area contributed by atoms with Gasteiger partial charge in [0.1, 0.15) is 5.60 Å². The lowest BCUT2D eigenvalue weighted by atomic mass is 9.95. The molecule has 1 rings (SSSR count). The molecule has 0 aliphatic carbocycles. The predicted molar refractivity (Wildman–Crippen MR) is 59.6 cm³/mol. The quantitative estimate of drug-likeness (QED) is 0.526. The molecule has 0 radical (unpaired) electrons. The average Bonchev–Trinajstić information content (AvgIpc) is 2.74. The van der Waals surface area contributed by atoms with E-state index in [1.54, 1.807) is 11.3 Å². The Morgan fingerprint density at radius 1 is 1.21 bits per heavy atom. The molecule has 0 aliphatic heterocycles. The fourth-order valence-corrected chi connectivity index (χ4v) is 1.89. The average molecular weight is 214 g/mol. The molecule has 1 aromatic rings. The number of hydrogen-bond donors (Lipinski definition) is 0. The van der Waals surface area contributed by atoms with Gasteiger partial charge in [-0.15, -0.1) is 11.3 Å². The minimum absolute atomic E-state index is 0.121. The molecule has 80 valence electrons. The van der Waals surface area contributed by atoms with Crippen LogP contribution in [0.15, 0.2) is 17.5 Å². The van der Waals surface area contributed by atoms with Crippen molar-refractivity contribution in [1.29, 1.82) is 0 Å². The minimum atomic E-state index is -0.121. The second kappa shape index (κ2) is 5.37. The molecule has 0 fully saturated rings. The Morgan fingerprint density at radius 3 is 2.29 bits per heavy atom. The Morgan fingerprint density at radius 2 is 1.86 bits per heavy atom. The maximum Gasteiger partial charge on any atom is 0.219 e. The topological polar surface area (TPSA) is 18.5 Å². The van der Waals surface area contributed by atoms with Gasteiger partial charge in [0.15, 0.2) is 0 Å². The molecule has 0 aromatic carbocycles. The lowest BCUT2D eigenvalue weighted by molar-refractivity contribution is -0.293. The largest absolute Gasteiger partial charge is 0.326 e. The molecule has 3 heteroatoms. The molecule has 0 N–H and O–H groups in total. The maximum atomic E-state index is 5.53. The van der Waals surface area contributed by atoms with Crippen LogP contribution in [0.1, 0.15) is 40.0 Å². The zero-order valence-electron chi connectivity index (χ0n) is 9.08. The van der Waals surface area contributed by atoms with Gasteiger partial charge >= 0.3 is 0 Å². The number of thiophene rings is 1. The van der Waals surface area contributed by atoms with Crippen molar-refractivity contribution in [2.45, 2.75) is 45.6 Å². The molecule has 0 atom stereocenters. The van der Waals surface area contributed by atoms with Crippen molar-refractivity contribution in [3.8, 4) is 5.06 Å². The molecule has 0 spiro atoms. The fourth-order valence-electron chi connectivity index (χ4n) is 1.37. The van der Waals surface area contributed by atoms with Crippen molar-refractivity contribution in [1.82, 2.24) is 0 Å². The van der Waals surface area contributed by atoms with Crippen molar-refractivity contribution < 1.29 is 9.78 Å². The highest BCUT2D eigenvalue weighted by Gasteiger charge is 2.27. The van der Waals surface area contributed by atoms with Gasteiger partial charge < -0.3 is 4.89 Å². The first kappa shape index (κ1) is 11.5. The first-order chi connectivity index (χ1) is 6.76. The van der Waals surface area contributed by atoms with Gasteiger partial charge in [-0.3, -0.25) is 0 Å². The van der Waals surface area contributed by atoms with Crippen LogP contribution >= 0.6 is 11.3 Å². The second-order valence-corrected chi connectivity index (χ2v) is 4.25. The molecule has 0 unspecified atom stereocenters. The molecule has 0 bridgehead atoms. The highest BCUT2D eigenvalue weighted by atomic mass is 32.1. The number of rotatable bonds is 6. The Hall–Kier alpha value is -0.540. The first-order valence-corrected chi connectivity index (χ1v) is 6.03. The fraction of sp³-hybridized carbons (Fsp3) is 0.636. The Bertz CT molecular complexity index is 232. The van der Waals surface area contributed by atoms with Gasteiger partial charge in [-0.1, -0.05) is 20.8 Å². The number of hydrogen-bond acceptors (Lipinski definition) is 3. The normalized spacial score (nSPS) is 11.6. The van der Waals surface area contributed by atoms with Crippen LogP contribution in [0.4, 0.5) is 0 Å². The van der Waals surface area contributed by atoms with Crippen molar-refractivity contribution in [2.24, 2.45) is 0 Å². The van der Waals surface area contributed by atoms with E-state index >= 15 is 0 Å². The van der Waals surface area contributed by atoms with E-state index in [0.717, 1.165) is 24.3 Å². The van der Waals surface area contributed by atoms with Crippen LogP contribution in [0.5, 0.6) is 5.06 Å². The Balaban J connectivity index is 2.48. The van der Waals surface area contributed by atoms with Crippen LogP contribution in [-0.2, 0) is 4.89 Å². The maximum absolute atomic E-state index is 5.53. The summed E-state index contributed by atoms with van der Waals surface area (Å²) in [5.74, 6) is 0. The highest BCUT2D eigenvalue weighted by molar-refractivity contribution is 7.11. The van der Waals surface area contributed by atoms with Crippen molar-refractivity contribution in [2.75, 3.05) is 0 Å². The minimum Gasteiger partial charge on any atom is -0.326 e. The smallest absolute Gasteiger partial charge is 0.219 e. The van der Waals surface area contributed by atoms with E-state index in [1.807, 2.05) is 17.5 Å². The van der Waals surface area contributed by atoms with E-state index in [0.29, 0.717) is 0 Å². The zero-order valence-corrected chi connectivity index (χ0v) is 9.89. The molecule has 0 amide bonds. The third kappa shape index (κ3) is 2.72. The lowest BCUT2D eigenvalue weighted by Crippen LogP contribution is -2.31. The summed E-state index contributed by atoms with van der Waals surface area (Å²) >= 11 is 1.55. The van der Waals surface area contributed by atoms with Gasteiger partial charge in [0.25, 0.3) is 0 Å². The summed E-state index contributed by atoms with van der Waals surface area (Å²) in [5, 5.41) is 2.80. The zero-order chi connectivity index (χ0) is 10.4. The predicted octanol–water partition coefficient (Wildman–Crippen LogP) is 4.03. The molecule has 2 nitrogen and oxygen atoms in total. The van der Waals surface area contributed by atoms with E-state index in [-0.39, 0.29) is 5.60 Å². The Labute approximate surface area is 89.8 Å². The Kier molecular flexibility index (Phi) is 4.42. The van der Waals surface area contributed by atoms with Gasteiger partial charge in [-0.05, 0) is 36.8 Å². The van der Waals surface area contributed by atoms with E-state index in [4.69, 9.17) is 9.78 Å². The van der Waals surface area contributed by atoms with Crippen molar-refractivity contribution in [3.05, 3.63) is 17.5 Å². The second-order valence-electron chi connectivity index (χ2n) is 3.34. The van der Waals surface area contributed by atoms with E-state index in [2.05, 4.69) is 20.8 Å². The SMILES string of the molecule is CCC(CC)(CC)OOc1cccs1. The van der Waals surface area contributed by atoms with Gasteiger partial charge in [0.2, 0.25) is 5.06 Å². The molecule has 0 saturated heterocycles. The summed E-state index contributed by atoms with van der Waals surface area (Å²) in [6.07, 6.45) is 2.93. The standard InChI is InChI=1S/C11H18O2S/c1-4-11(5-2,6-3)13-12-10-8-7-9-14-10/h7-9H,4-6H2,1-3H3. The molecule has 1 aromatic heterocycles. The van der Waals surface area contributed by atoms with Gasteiger partial charge in [-0.2, -0.15) is 4.89 Å². The molecule has 14 heavy (non-hydrogen) atoms. The van der Waals surface area contributed by atoms with Crippen LogP contribution in [-0.4, -0.2) is 5.60 Å². The summed E-state index contributed by atoms with van der Waals surface area (Å²) in [6.45, 7) is 6.39. The van der Waals surface area contributed by atoms with Crippen LogP contribution < -0.4 is 4.89 Å². The highest BCUT2D eigenvalue weighted by Crippen LogP contribution is 2.27. The van der Waals surface area contributed by atoms with Crippen LogP contribution in [0.3, 0.4) is 0 Å². The summed E-state index contributed by atoms with van der Waals surface area (Å²) < 4.78 is 0.